The van der Waals surface area contributed by atoms with Crippen LogP contribution in [-0.2, 0) is 14.6 Å². The van der Waals surface area contributed by atoms with Crippen molar-refractivity contribution in [3.05, 3.63) is 11.8 Å². The summed E-state index contributed by atoms with van der Waals surface area (Å²) < 4.78 is 26.4. The quantitative estimate of drug-likeness (QED) is 0.487. The molecule has 0 aliphatic heterocycles. The summed E-state index contributed by atoms with van der Waals surface area (Å²) in [5.41, 5.74) is 0. The maximum absolute atomic E-state index is 11.4. The van der Waals surface area contributed by atoms with E-state index in [2.05, 4.69) is 10.2 Å². The molecule has 1 aliphatic carbocycles. The fourth-order valence-corrected chi connectivity index (χ4v) is 2.59. The van der Waals surface area contributed by atoms with Crippen LogP contribution in [-0.4, -0.2) is 30.8 Å². The van der Waals surface area contributed by atoms with Gasteiger partial charge in [0.1, 0.15) is 10.7 Å². The number of aromatic carboxylic acids is 1. The van der Waals surface area contributed by atoms with Gasteiger partial charge in [0, 0.05) is 6.26 Å². The molecule has 0 atom stereocenters. The number of carbonyl (C=O) groups is 1. The van der Waals surface area contributed by atoms with Crippen LogP contribution in [0.2, 0.25) is 0 Å². The molecule has 0 amide bonds. The number of carboxylic acid groups (broad SMARTS) is 1. The van der Waals surface area contributed by atoms with Crippen LogP contribution in [0.1, 0.15) is 29.4 Å². The van der Waals surface area contributed by atoms with E-state index in [0.29, 0.717) is 12.8 Å². The van der Waals surface area contributed by atoms with Crippen LogP contribution in [0.15, 0.2) is 4.42 Å². The number of carbonyl (C=O) groups excluding carboxylic acids is 1. The van der Waals surface area contributed by atoms with Crippen LogP contribution >= 0.6 is 0 Å². The van der Waals surface area contributed by atoms with Gasteiger partial charge >= 0.3 is 18.9 Å². The second kappa shape index (κ2) is 3.87. The molecule has 0 radical (unpaired) electrons. The topological polar surface area (TPSA) is 113 Å². The van der Waals surface area contributed by atoms with Gasteiger partial charge in [0.2, 0.25) is 5.89 Å². The molecule has 7 nitrogen and oxygen atoms in total. The van der Waals surface area contributed by atoms with Crippen molar-refractivity contribution in [1.82, 2.24) is 10.2 Å². The SMILES string of the molecule is CS(=O)(=O)C1(c2nnc(C(=O)[O-])o2)CC1.[Li+]. The molecule has 0 bridgehead atoms. The summed E-state index contributed by atoms with van der Waals surface area (Å²) in [6.07, 6.45) is 1.81. The number of hydrogen-bond acceptors (Lipinski definition) is 7. The van der Waals surface area contributed by atoms with E-state index >= 15 is 0 Å². The molecule has 0 saturated heterocycles. The van der Waals surface area contributed by atoms with Crippen molar-refractivity contribution in [2.24, 2.45) is 0 Å². The first-order valence-electron chi connectivity index (χ1n) is 4.12. The summed E-state index contributed by atoms with van der Waals surface area (Å²) in [5, 5.41) is 17.0. The first kappa shape index (κ1) is 13.2. The molecule has 16 heavy (non-hydrogen) atoms. The maximum atomic E-state index is 11.4. The molecule has 9 heteroatoms. The van der Waals surface area contributed by atoms with E-state index in [9.17, 15) is 18.3 Å². The second-order valence-corrected chi connectivity index (χ2v) is 5.79. The number of hydrogen-bond donors (Lipinski definition) is 0. The number of aromatic nitrogens is 2. The average Bonchev–Trinajstić information content (AvgIpc) is 2.77. The Labute approximate surface area is 103 Å². The Balaban J connectivity index is 0.00000128. The monoisotopic (exact) mass is 238 g/mol. The van der Waals surface area contributed by atoms with Crippen molar-refractivity contribution in [3.63, 3.8) is 0 Å². The number of rotatable bonds is 3. The fourth-order valence-electron chi connectivity index (χ4n) is 1.35. The van der Waals surface area contributed by atoms with Gasteiger partial charge in [-0.3, -0.25) is 0 Å². The summed E-state index contributed by atoms with van der Waals surface area (Å²) in [6, 6.07) is 0. The zero-order chi connectivity index (χ0) is 11.3. The van der Waals surface area contributed by atoms with Gasteiger partial charge in [0.15, 0.2) is 9.84 Å². The van der Waals surface area contributed by atoms with Gasteiger partial charge in [-0.1, -0.05) is 0 Å². The first-order chi connectivity index (χ1) is 6.87. The Morgan fingerprint density at radius 1 is 1.44 bits per heavy atom. The maximum Gasteiger partial charge on any atom is 1.00 e. The van der Waals surface area contributed by atoms with Gasteiger partial charge in [0.25, 0.3) is 5.89 Å². The van der Waals surface area contributed by atoms with Gasteiger partial charge in [-0.15, -0.1) is 10.2 Å². The summed E-state index contributed by atoms with van der Waals surface area (Å²) in [6.45, 7) is 0. The van der Waals surface area contributed by atoms with E-state index in [1.165, 1.54) is 0 Å². The van der Waals surface area contributed by atoms with Crippen molar-refractivity contribution >= 4 is 15.8 Å². The Morgan fingerprint density at radius 3 is 2.31 bits per heavy atom. The van der Waals surface area contributed by atoms with Crippen LogP contribution in [0.5, 0.6) is 0 Å². The molecule has 1 heterocycles. The molecule has 1 aromatic rings. The molecule has 2 rings (SSSR count). The van der Waals surface area contributed by atoms with Crippen LogP contribution in [0, 0.1) is 0 Å². The number of sulfone groups is 1. The predicted molar refractivity (Wildman–Crippen MR) is 44.4 cm³/mol. The normalized spacial score (nSPS) is 17.6. The number of nitrogens with zero attached hydrogens (tertiary/aromatic N) is 2. The van der Waals surface area contributed by atoms with Crippen molar-refractivity contribution in [2.45, 2.75) is 17.6 Å². The molecule has 1 aliphatic rings. The van der Waals surface area contributed by atoms with Gasteiger partial charge in [-0.2, -0.15) is 0 Å². The second-order valence-electron chi connectivity index (χ2n) is 3.47. The number of carboxylic acids is 1. The molecular formula is C7H7LiN2O5S. The van der Waals surface area contributed by atoms with Crippen LogP contribution in [0.4, 0.5) is 0 Å². The Hall–Kier alpha value is -0.843. The summed E-state index contributed by atoms with van der Waals surface area (Å²) in [7, 11) is -3.37. The zero-order valence-electron chi connectivity index (χ0n) is 8.76. The van der Waals surface area contributed by atoms with Crippen molar-refractivity contribution in [2.75, 3.05) is 6.26 Å². The van der Waals surface area contributed by atoms with Crippen LogP contribution < -0.4 is 24.0 Å². The average molecular weight is 238 g/mol. The minimum absolute atomic E-state index is 0. The molecular weight excluding hydrogens is 231 g/mol. The molecule has 0 N–H and O–H groups in total. The Bertz CT molecular complexity index is 519. The minimum atomic E-state index is -3.37. The third-order valence-electron chi connectivity index (χ3n) is 2.40. The molecule has 1 fully saturated rings. The largest absolute Gasteiger partial charge is 1.00 e. The predicted octanol–water partition coefficient (Wildman–Crippen LogP) is -4.53. The van der Waals surface area contributed by atoms with Gasteiger partial charge in [-0.05, 0) is 12.8 Å². The van der Waals surface area contributed by atoms with Crippen LogP contribution in [0.25, 0.3) is 0 Å². The fraction of sp³-hybridized carbons (Fsp3) is 0.571. The van der Waals surface area contributed by atoms with Gasteiger partial charge in [0.05, 0.1) is 0 Å². The summed E-state index contributed by atoms with van der Waals surface area (Å²) in [4.78, 5) is 10.4. The summed E-state index contributed by atoms with van der Waals surface area (Å²) in [5.74, 6) is -2.47. The van der Waals surface area contributed by atoms with E-state index < -0.39 is 26.4 Å². The van der Waals surface area contributed by atoms with Crippen molar-refractivity contribution in [3.8, 4) is 0 Å². The van der Waals surface area contributed by atoms with Gasteiger partial charge in [-0.25, -0.2) is 8.42 Å². The van der Waals surface area contributed by atoms with E-state index in [4.69, 9.17) is 4.42 Å². The molecule has 82 valence electrons. The van der Waals surface area contributed by atoms with Gasteiger partial charge < -0.3 is 14.3 Å². The molecule has 1 aromatic heterocycles. The van der Waals surface area contributed by atoms with Crippen molar-refractivity contribution < 1.29 is 41.6 Å². The van der Waals surface area contributed by atoms with E-state index in [1.54, 1.807) is 0 Å². The van der Waals surface area contributed by atoms with Crippen LogP contribution in [0.3, 0.4) is 0 Å². The van der Waals surface area contributed by atoms with E-state index in [-0.39, 0.29) is 24.8 Å². The Morgan fingerprint density at radius 2 is 2.00 bits per heavy atom. The zero-order valence-corrected chi connectivity index (χ0v) is 9.57. The molecule has 0 spiro atoms. The third-order valence-corrected chi connectivity index (χ3v) is 4.41. The van der Waals surface area contributed by atoms with Crippen molar-refractivity contribution in [1.29, 1.82) is 0 Å². The van der Waals surface area contributed by atoms with E-state index in [0.717, 1.165) is 6.26 Å². The molecule has 0 aromatic carbocycles. The van der Waals surface area contributed by atoms with E-state index in [1.807, 2.05) is 0 Å². The molecule has 0 unspecified atom stereocenters. The third kappa shape index (κ3) is 1.88. The summed E-state index contributed by atoms with van der Waals surface area (Å²) >= 11 is 0. The standard InChI is InChI=1S/C7H8N2O5S.Li/c1-15(12,13)7(2-3-7)6-9-8-4(14-6)5(10)11;/h2-3H2,1H3,(H,10,11);/q;+1/p-1. The minimum Gasteiger partial charge on any atom is -0.540 e. The smallest absolute Gasteiger partial charge is 0.540 e. The molecule has 1 saturated carbocycles. The Kier molecular flexibility index (Phi) is 3.20. The first-order valence-corrected chi connectivity index (χ1v) is 6.01.